The van der Waals surface area contributed by atoms with Crippen LogP contribution in [0.4, 0.5) is 10.9 Å². The largest absolute Gasteiger partial charge is 0.490 e. The van der Waals surface area contributed by atoms with Gasteiger partial charge in [-0.05, 0) is 39.8 Å². The van der Waals surface area contributed by atoms with Crippen LogP contribution in [0.3, 0.4) is 0 Å². The summed E-state index contributed by atoms with van der Waals surface area (Å²) in [6.07, 6.45) is 0. The van der Waals surface area contributed by atoms with Gasteiger partial charge < -0.3 is 33.9 Å². The Labute approximate surface area is 235 Å². The number of rotatable bonds is 12. The van der Waals surface area contributed by atoms with Crippen molar-refractivity contribution in [3.8, 4) is 17.2 Å². The standard InChI is InChI=1S/C25H32N6O6S2/c1-5-34-18-13-17(14-19(35-6-2)22(18)36-7-3)23(33)30-8-10-31(11-9-30)24-27-28-25(39-24)38-15-21(32)26-20-12-16(4)37-29-20/h12-14H,5-11,15H2,1-4H3,(H,26,29,32). The predicted octanol–water partition coefficient (Wildman–Crippen LogP) is 3.72. The molecule has 0 saturated carbocycles. The molecule has 210 valence electrons. The summed E-state index contributed by atoms with van der Waals surface area (Å²) >= 11 is 2.73. The number of piperazine rings is 1. The number of ether oxygens (including phenoxy) is 3. The van der Waals surface area contributed by atoms with Gasteiger partial charge in [-0.3, -0.25) is 9.59 Å². The van der Waals surface area contributed by atoms with Crippen molar-refractivity contribution in [2.24, 2.45) is 0 Å². The van der Waals surface area contributed by atoms with Crippen LogP contribution in [0.5, 0.6) is 17.2 Å². The number of aromatic nitrogens is 3. The zero-order valence-corrected chi connectivity index (χ0v) is 24.0. The maximum absolute atomic E-state index is 13.4. The highest BCUT2D eigenvalue weighted by Gasteiger charge is 2.26. The average molecular weight is 577 g/mol. The van der Waals surface area contributed by atoms with Crippen LogP contribution >= 0.6 is 23.1 Å². The second kappa shape index (κ2) is 13.5. The number of amides is 2. The smallest absolute Gasteiger partial charge is 0.254 e. The molecule has 2 aromatic heterocycles. The molecule has 1 N–H and O–H groups in total. The minimum Gasteiger partial charge on any atom is -0.490 e. The SMILES string of the molecule is CCOc1cc(C(=O)N2CCN(c3nnc(SCC(=O)Nc4cc(C)on4)s3)CC2)cc(OCC)c1OCC. The molecule has 3 aromatic rings. The van der Waals surface area contributed by atoms with Crippen LogP contribution < -0.4 is 24.4 Å². The van der Waals surface area contributed by atoms with Gasteiger partial charge in [-0.2, -0.15) is 0 Å². The van der Waals surface area contributed by atoms with Crippen molar-refractivity contribution in [2.45, 2.75) is 32.0 Å². The van der Waals surface area contributed by atoms with E-state index < -0.39 is 0 Å². The van der Waals surface area contributed by atoms with Gasteiger partial charge in [-0.1, -0.05) is 28.3 Å². The first-order valence-electron chi connectivity index (χ1n) is 12.7. The molecule has 4 rings (SSSR count). The summed E-state index contributed by atoms with van der Waals surface area (Å²) in [7, 11) is 0. The van der Waals surface area contributed by atoms with E-state index in [1.807, 2.05) is 25.7 Å². The maximum Gasteiger partial charge on any atom is 0.254 e. The van der Waals surface area contributed by atoms with Crippen molar-refractivity contribution in [1.29, 1.82) is 0 Å². The number of benzene rings is 1. The molecule has 0 aliphatic carbocycles. The first-order chi connectivity index (χ1) is 18.9. The van der Waals surface area contributed by atoms with E-state index in [2.05, 4.69) is 25.6 Å². The first kappa shape index (κ1) is 28.5. The number of aryl methyl sites for hydroxylation is 1. The fourth-order valence-corrected chi connectivity index (χ4v) is 5.61. The lowest BCUT2D eigenvalue weighted by atomic mass is 10.1. The third-order valence-corrected chi connectivity index (χ3v) is 7.73. The second-order valence-electron chi connectivity index (χ2n) is 8.39. The van der Waals surface area contributed by atoms with E-state index in [0.29, 0.717) is 84.7 Å². The van der Waals surface area contributed by atoms with Gasteiger partial charge in [-0.15, -0.1) is 10.2 Å². The fraction of sp³-hybridized carbons (Fsp3) is 0.480. The number of carbonyl (C=O) groups excluding carboxylic acids is 2. The maximum atomic E-state index is 13.4. The minimum atomic E-state index is -0.202. The van der Waals surface area contributed by atoms with Crippen molar-refractivity contribution in [1.82, 2.24) is 20.3 Å². The number of nitrogens with one attached hydrogen (secondary N) is 1. The molecule has 0 radical (unpaired) electrons. The summed E-state index contributed by atoms with van der Waals surface area (Å²) in [5, 5.41) is 15.7. The third kappa shape index (κ3) is 7.32. The van der Waals surface area contributed by atoms with E-state index in [-0.39, 0.29) is 17.6 Å². The fourth-order valence-electron chi connectivity index (χ4n) is 3.92. The Morgan fingerprint density at radius 1 is 1.00 bits per heavy atom. The van der Waals surface area contributed by atoms with Crippen LogP contribution in [0.2, 0.25) is 0 Å². The number of carbonyl (C=O) groups is 2. The number of anilines is 2. The summed E-state index contributed by atoms with van der Waals surface area (Å²) in [4.78, 5) is 29.5. The highest BCUT2D eigenvalue weighted by atomic mass is 32.2. The zero-order valence-electron chi connectivity index (χ0n) is 22.4. The minimum absolute atomic E-state index is 0.0959. The first-order valence-corrected chi connectivity index (χ1v) is 14.5. The topological polar surface area (TPSA) is 132 Å². The summed E-state index contributed by atoms with van der Waals surface area (Å²) in [5.41, 5.74) is 0.493. The molecule has 0 bridgehead atoms. The van der Waals surface area contributed by atoms with Gasteiger partial charge in [0, 0.05) is 37.8 Å². The van der Waals surface area contributed by atoms with Crippen LogP contribution in [0.1, 0.15) is 36.9 Å². The molecule has 1 fully saturated rings. The van der Waals surface area contributed by atoms with Crippen molar-refractivity contribution in [2.75, 3.05) is 62.0 Å². The lowest BCUT2D eigenvalue weighted by Crippen LogP contribution is -2.48. The molecule has 0 atom stereocenters. The van der Waals surface area contributed by atoms with Gasteiger partial charge in [0.15, 0.2) is 21.7 Å². The molecule has 39 heavy (non-hydrogen) atoms. The van der Waals surface area contributed by atoms with Crippen molar-refractivity contribution >= 4 is 45.9 Å². The molecular formula is C25H32N6O6S2. The summed E-state index contributed by atoms with van der Waals surface area (Å²) in [5.74, 6) is 2.40. The van der Waals surface area contributed by atoms with Crippen LogP contribution in [0.25, 0.3) is 0 Å². The van der Waals surface area contributed by atoms with E-state index in [0.717, 1.165) is 5.13 Å². The number of nitrogens with zero attached hydrogens (tertiary/aromatic N) is 5. The predicted molar refractivity (Wildman–Crippen MR) is 149 cm³/mol. The number of hydrogen-bond acceptors (Lipinski definition) is 12. The zero-order chi connectivity index (χ0) is 27.8. The van der Waals surface area contributed by atoms with E-state index >= 15 is 0 Å². The van der Waals surface area contributed by atoms with E-state index in [4.69, 9.17) is 18.7 Å². The normalized spacial score (nSPS) is 13.3. The van der Waals surface area contributed by atoms with Gasteiger partial charge in [-0.25, -0.2) is 0 Å². The van der Waals surface area contributed by atoms with Crippen LogP contribution in [0, 0.1) is 6.92 Å². The van der Waals surface area contributed by atoms with Crippen LogP contribution in [-0.2, 0) is 4.79 Å². The Hall–Kier alpha value is -3.52. The van der Waals surface area contributed by atoms with E-state index in [1.165, 1.54) is 23.1 Å². The second-order valence-corrected chi connectivity index (χ2v) is 10.6. The molecule has 12 nitrogen and oxygen atoms in total. The molecule has 2 amide bonds. The molecule has 14 heteroatoms. The molecular weight excluding hydrogens is 544 g/mol. The molecule has 1 aromatic carbocycles. The molecule has 3 heterocycles. The van der Waals surface area contributed by atoms with Gasteiger partial charge in [0.1, 0.15) is 5.76 Å². The third-order valence-electron chi connectivity index (χ3n) is 5.61. The lowest BCUT2D eigenvalue weighted by molar-refractivity contribution is -0.113. The summed E-state index contributed by atoms with van der Waals surface area (Å²) in [6, 6.07) is 5.10. The van der Waals surface area contributed by atoms with E-state index in [9.17, 15) is 9.59 Å². The molecule has 1 aliphatic rings. The molecule has 1 saturated heterocycles. The molecule has 1 aliphatic heterocycles. The van der Waals surface area contributed by atoms with Crippen LogP contribution in [0.15, 0.2) is 27.1 Å². The van der Waals surface area contributed by atoms with Crippen molar-refractivity contribution < 1.29 is 28.3 Å². The highest BCUT2D eigenvalue weighted by Crippen LogP contribution is 2.39. The van der Waals surface area contributed by atoms with Gasteiger partial charge in [0.2, 0.25) is 16.8 Å². The van der Waals surface area contributed by atoms with Crippen molar-refractivity contribution in [3.63, 3.8) is 0 Å². The van der Waals surface area contributed by atoms with E-state index in [1.54, 1.807) is 25.1 Å². The Morgan fingerprint density at radius 2 is 1.67 bits per heavy atom. The number of thioether (sulfide) groups is 1. The Bertz CT molecular complexity index is 1250. The highest BCUT2D eigenvalue weighted by molar-refractivity contribution is 8.01. The number of hydrogen-bond donors (Lipinski definition) is 1. The van der Waals surface area contributed by atoms with Crippen molar-refractivity contribution in [3.05, 3.63) is 29.5 Å². The lowest BCUT2D eigenvalue weighted by Gasteiger charge is -2.34. The van der Waals surface area contributed by atoms with Gasteiger partial charge in [0.05, 0.1) is 25.6 Å². The monoisotopic (exact) mass is 576 g/mol. The summed E-state index contributed by atoms with van der Waals surface area (Å²) in [6.45, 7) is 11.0. The Kier molecular flexibility index (Phi) is 9.87. The van der Waals surface area contributed by atoms with Gasteiger partial charge >= 0.3 is 0 Å². The summed E-state index contributed by atoms with van der Waals surface area (Å²) < 4.78 is 22.9. The van der Waals surface area contributed by atoms with Gasteiger partial charge in [0.25, 0.3) is 5.91 Å². The average Bonchev–Trinajstić information content (AvgIpc) is 3.58. The molecule has 0 unspecified atom stereocenters. The van der Waals surface area contributed by atoms with Crippen LogP contribution in [-0.4, -0.2) is 83.8 Å². The Morgan fingerprint density at radius 3 is 2.26 bits per heavy atom. The Balaban J connectivity index is 1.33. The quantitative estimate of drug-likeness (QED) is 0.316. The molecule has 0 spiro atoms.